The van der Waals surface area contributed by atoms with E-state index in [1.165, 1.54) is 0 Å². The molecule has 0 radical (unpaired) electrons. The lowest BCUT2D eigenvalue weighted by molar-refractivity contribution is -0.143. The Bertz CT molecular complexity index is 187. The van der Waals surface area contributed by atoms with E-state index in [0.29, 0.717) is 26.2 Å². The van der Waals surface area contributed by atoms with Crippen LogP contribution in [0.3, 0.4) is 0 Å². The van der Waals surface area contributed by atoms with Gasteiger partial charge in [0, 0.05) is 26.8 Å². The maximum absolute atomic E-state index is 11.1. The molecular weight excluding hydrogens is 222 g/mol. The van der Waals surface area contributed by atoms with Crippen LogP contribution in [0.1, 0.15) is 19.8 Å². The van der Waals surface area contributed by atoms with Gasteiger partial charge in [0.2, 0.25) is 0 Å². The van der Waals surface area contributed by atoms with Gasteiger partial charge in [0.1, 0.15) is 0 Å². The summed E-state index contributed by atoms with van der Waals surface area (Å²) in [7, 11) is 3.65. The molecule has 0 atom stereocenters. The molecule has 0 unspecified atom stereocenters. The van der Waals surface area contributed by atoms with Crippen molar-refractivity contribution in [2.45, 2.75) is 19.8 Å². The Morgan fingerprint density at radius 2 is 1.94 bits per heavy atom. The van der Waals surface area contributed by atoms with Gasteiger partial charge in [0.25, 0.3) is 0 Å². The predicted octanol–water partition coefficient (Wildman–Crippen LogP) is 0.925. The minimum absolute atomic E-state index is 0.129. The summed E-state index contributed by atoms with van der Waals surface area (Å²) in [6.07, 6.45) is 1.41. The molecule has 0 aromatic heterocycles. The third kappa shape index (κ3) is 11.6. The fourth-order valence-corrected chi connectivity index (χ4v) is 1.31. The van der Waals surface area contributed by atoms with Gasteiger partial charge >= 0.3 is 5.97 Å². The van der Waals surface area contributed by atoms with Gasteiger partial charge in [-0.3, -0.25) is 4.79 Å². The standard InChI is InChI=1S/C12H25NO4/c1-4-17-12(14)6-8-13(2)7-5-9-16-11-10-15-3/h4-11H2,1-3H3. The van der Waals surface area contributed by atoms with Crippen LogP contribution in [0.4, 0.5) is 0 Å². The van der Waals surface area contributed by atoms with Gasteiger partial charge in [-0.05, 0) is 20.4 Å². The number of ether oxygens (including phenoxy) is 3. The molecule has 5 heteroatoms. The zero-order chi connectivity index (χ0) is 12.9. The van der Waals surface area contributed by atoms with Crippen molar-refractivity contribution in [3.63, 3.8) is 0 Å². The summed E-state index contributed by atoms with van der Waals surface area (Å²) in [4.78, 5) is 13.2. The Balaban J connectivity index is 3.28. The molecule has 17 heavy (non-hydrogen) atoms. The minimum Gasteiger partial charge on any atom is -0.466 e. The highest BCUT2D eigenvalue weighted by Crippen LogP contribution is 1.93. The van der Waals surface area contributed by atoms with Crippen LogP contribution in [0.15, 0.2) is 0 Å². The number of rotatable bonds is 11. The van der Waals surface area contributed by atoms with E-state index in [-0.39, 0.29) is 5.97 Å². The molecule has 0 saturated carbocycles. The molecule has 5 nitrogen and oxygen atoms in total. The fraction of sp³-hybridized carbons (Fsp3) is 0.917. The van der Waals surface area contributed by atoms with E-state index in [9.17, 15) is 4.79 Å². The highest BCUT2D eigenvalue weighted by atomic mass is 16.5. The average molecular weight is 247 g/mol. The Hall–Kier alpha value is -0.650. The van der Waals surface area contributed by atoms with E-state index in [1.807, 2.05) is 14.0 Å². The van der Waals surface area contributed by atoms with Crippen molar-refractivity contribution in [3.05, 3.63) is 0 Å². The van der Waals surface area contributed by atoms with Gasteiger partial charge in [-0.2, -0.15) is 0 Å². The second-order valence-electron chi connectivity index (χ2n) is 3.82. The van der Waals surface area contributed by atoms with Crippen molar-refractivity contribution in [1.82, 2.24) is 4.90 Å². The molecule has 0 rings (SSSR count). The van der Waals surface area contributed by atoms with Crippen LogP contribution in [0, 0.1) is 0 Å². The van der Waals surface area contributed by atoms with Gasteiger partial charge in [-0.15, -0.1) is 0 Å². The zero-order valence-electron chi connectivity index (χ0n) is 11.2. The second-order valence-corrected chi connectivity index (χ2v) is 3.82. The van der Waals surface area contributed by atoms with E-state index in [1.54, 1.807) is 7.11 Å². The van der Waals surface area contributed by atoms with Crippen molar-refractivity contribution < 1.29 is 19.0 Å². The van der Waals surface area contributed by atoms with Crippen LogP contribution in [0.5, 0.6) is 0 Å². The molecule has 0 heterocycles. The Morgan fingerprint density at radius 1 is 1.18 bits per heavy atom. The quantitative estimate of drug-likeness (QED) is 0.401. The van der Waals surface area contributed by atoms with Gasteiger partial charge < -0.3 is 19.1 Å². The second kappa shape index (κ2) is 11.8. The van der Waals surface area contributed by atoms with Gasteiger partial charge in [-0.1, -0.05) is 0 Å². The molecule has 0 fully saturated rings. The SMILES string of the molecule is CCOC(=O)CCN(C)CCCOCCOC. The lowest BCUT2D eigenvalue weighted by atomic mass is 10.3. The van der Waals surface area contributed by atoms with Crippen molar-refractivity contribution in [2.24, 2.45) is 0 Å². The molecule has 0 aromatic carbocycles. The van der Waals surface area contributed by atoms with Crippen molar-refractivity contribution in [1.29, 1.82) is 0 Å². The molecule has 102 valence electrons. The zero-order valence-corrected chi connectivity index (χ0v) is 11.2. The van der Waals surface area contributed by atoms with E-state index in [0.717, 1.165) is 26.1 Å². The van der Waals surface area contributed by atoms with Crippen LogP contribution >= 0.6 is 0 Å². The summed E-state index contributed by atoms with van der Waals surface area (Å²) in [6.45, 7) is 5.94. The first-order chi connectivity index (χ1) is 8.20. The monoisotopic (exact) mass is 247 g/mol. The number of hydrogen-bond acceptors (Lipinski definition) is 5. The molecule has 0 aliphatic carbocycles. The minimum atomic E-state index is -0.129. The van der Waals surface area contributed by atoms with E-state index in [2.05, 4.69) is 4.90 Å². The topological polar surface area (TPSA) is 48.0 Å². The van der Waals surface area contributed by atoms with Gasteiger partial charge in [0.05, 0.1) is 26.2 Å². The van der Waals surface area contributed by atoms with Crippen molar-refractivity contribution >= 4 is 5.97 Å². The van der Waals surface area contributed by atoms with Crippen molar-refractivity contribution in [3.8, 4) is 0 Å². The maximum atomic E-state index is 11.1. The lowest BCUT2D eigenvalue weighted by Crippen LogP contribution is -2.24. The molecule has 0 aliphatic heterocycles. The first-order valence-electron chi connectivity index (χ1n) is 6.11. The number of esters is 1. The molecule has 0 saturated heterocycles. The number of carbonyl (C=O) groups excluding carboxylic acids is 1. The highest BCUT2D eigenvalue weighted by Gasteiger charge is 2.04. The van der Waals surface area contributed by atoms with Crippen LogP contribution in [0.25, 0.3) is 0 Å². The van der Waals surface area contributed by atoms with Crippen LogP contribution in [0.2, 0.25) is 0 Å². The highest BCUT2D eigenvalue weighted by molar-refractivity contribution is 5.69. The van der Waals surface area contributed by atoms with E-state index in [4.69, 9.17) is 14.2 Å². The lowest BCUT2D eigenvalue weighted by Gasteiger charge is -2.15. The van der Waals surface area contributed by atoms with Crippen LogP contribution in [-0.4, -0.2) is 64.5 Å². The van der Waals surface area contributed by atoms with Crippen LogP contribution < -0.4 is 0 Å². The molecule has 0 bridgehead atoms. The Kier molecular flexibility index (Phi) is 11.4. The predicted molar refractivity (Wildman–Crippen MR) is 66.1 cm³/mol. The third-order valence-electron chi connectivity index (χ3n) is 2.26. The summed E-state index contributed by atoms with van der Waals surface area (Å²) in [6, 6.07) is 0. The molecule has 0 N–H and O–H groups in total. The number of carbonyl (C=O) groups is 1. The largest absolute Gasteiger partial charge is 0.466 e. The Morgan fingerprint density at radius 3 is 2.59 bits per heavy atom. The summed E-state index contributed by atoms with van der Waals surface area (Å²) >= 11 is 0. The smallest absolute Gasteiger partial charge is 0.307 e. The average Bonchev–Trinajstić information content (AvgIpc) is 2.31. The van der Waals surface area contributed by atoms with E-state index < -0.39 is 0 Å². The van der Waals surface area contributed by atoms with Gasteiger partial charge in [0.15, 0.2) is 0 Å². The normalized spacial score (nSPS) is 10.8. The number of hydrogen-bond donors (Lipinski definition) is 0. The molecule has 0 aliphatic rings. The fourth-order valence-electron chi connectivity index (χ4n) is 1.31. The summed E-state index contributed by atoms with van der Waals surface area (Å²) in [5, 5.41) is 0. The third-order valence-corrected chi connectivity index (χ3v) is 2.26. The molecule has 0 aromatic rings. The van der Waals surface area contributed by atoms with E-state index >= 15 is 0 Å². The van der Waals surface area contributed by atoms with Crippen LogP contribution in [-0.2, 0) is 19.0 Å². The summed E-state index contributed by atoms with van der Waals surface area (Å²) in [5.41, 5.74) is 0. The van der Waals surface area contributed by atoms with Gasteiger partial charge in [-0.25, -0.2) is 0 Å². The number of nitrogens with zero attached hydrogens (tertiary/aromatic N) is 1. The number of methoxy groups -OCH3 is 1. The first-order valence-corrected chi connectivity index (χ1v) is 6.11. The molecular formula is C12H25NO4. The summed E-state index contributed by atoms with van der Waals surface area (Å²) in [5.74, 6) is -0.129. The van der Waals surface area contributed by atoms with Crippen molar-refractivity contribution in [2.75, 3.05) is 53.7 Å². The molecule has 0 spiro atoms. The summed E-state index contributed by atoms with van der Waals surface area (Å²) < 4.78 is 15.1. The molecule has 0 amide bonds. The Labute approximate surface area is 104 Å². The first kappa shape index (κ1) is 16.4. The maximum Gasteiger partial charge on any atom is 0.307 e.